The Bertz CT molecular complexity index is 991. The van der Waals surface area contributed by atoms with Crippen molar-refractivity contribution in [3.8, 4) is 0 Å². The molecule has 0 aliphatic carbocycles. The van der Waals surface area contributed by atoms with E-state index < -0.39 is 68.6 Å². The molecule has 2 rings (SSSR count). The number of carboxylic acid groups (broad SMARTS) is 5. The maximum absolute atomic E-state index is 11.5. The summed E-state index contributed by atoms with van der Waals surface area (Å²) in [5.41, 5.74) is -5.64. The first-order valence-corrected chi connectivity index (χ1v) is 6.24. The summed E-state index contributed by atoms with van der Waals surface area (Å²) in [7, 11) is 0. The van der Waals surface area contributed by atoms with Gasteiger partial charge >= 0.3 is 29.8 Å². The molecule has 11 nitrogen and oxygen atoms in total. The van der Waals surface area contributed by atoms with Crippen LogP contribution in [0.3, 0.4) is 0 Å². The van der Waals surface area contributed by atoms with Gasteiger partial charge < -0.3 is 25.5 Å². The second-order valence-corrected chi connectivity index (χ2v) is 4.64. The van der Waals surface area contributed by atoms with E-state index in [0.29, 0.717) is 12.3 Å². The highest BCUT2D eigenvalue weighted by Gasteiger charge is 2.32. The Morgan fingerprint density at radius 2 is 1.12 bits per heavy atom. The summed E-state index contributed by atoms with van der Waals surface area (Å²) in [5.74, 6) is -9.23. The summed E-state index contributed by atoms with van der Waals surface area (Å²) in [6.45, 7) is 0. The van der Waals surface area contributed by atoms with Gasteiger partial charge in [0, 0.05) is 11.6 Å². The second-order valence-electron chi connectivity index (χ2n) is 4.64. The van der Waals surface area contributed by atoms with Gasteiger partial charge in [0.05, 0.1) is 33.3 Å². The Morgan fingerprint density at radius 3 is 1.52 bits per heavy atom. The lowest BCUT2D eigenvalue weighted by molar-refractivity contribution is 0.0633. The first-order valence-electron chi connectivity index (χ1n) is 6.24. The van der Waals surface area contributed by atoms with Crippen LogP contribution in [0.2, 0.25) is 0 Å². The molecule has 11 heteroatoms. The number of aromatic carboxylic acids is 5. The van der Waals surface area contributed by atoms with Gasteiger partial charge in [-0.25, -0.2) is 24.0 Å². The molecule has 0 aliphatic rings. The Labute approximate surface area is 136 Å². The van der Waals surface area contributed by atoms with Crippen molar-refractivity contribution in [2.24, 2.45) is 0 Å². The zero-order valence-electron chi connectivity index (χ0n) is 11.9. The largest absolute Gasteiger partial charge is 0.478 e. The summed E-state index contributed by atoms with van der Waals surface area (Å²) < 4.78 is 0. The third kappa shape index (κ3) is 2.69. The molecule has 1 aromatic heterocycles. The zero-order chi connectivity index (χ0) is 19.0. The molecule has 1 heterocycles. The SMILES string of the molecule is O=C(O)c1cc2ncc(C(=O)O)c(C(=O)O)c2c(C(=O)O)c1C(=O)O. The maximum Gasteiger partial charge on any atom is 0.338 e. The van der Waals surface area contributed by atoms with Gasteiger partial charge in [0.2, 0.25) is 0 Å². The molecular weight excluding hydrogens is 342 g/mol. The predicted molar refractivity (Wildman–Crippen MR) is 76.5 cm³/mol. The van der Waals surface area contributed by atoms with Crippen molar-refractivity contribution in [1.29, 1.82) is 0 Å². The molecule has 2 aromatic rings. The van der Waals surface area contributed by atoms with Crippen LogP contribution in [0, 0.1) is 0 Å². The maximum atomic E-state index is 11.5. The van der Waals surface area contributed by atoms with Crippen LogP contribution in [0.15, 0.2) is 12.3 Å². The fourth-order valence-corrected chi connectivity index (χ4v) is 2.35. The van der Waals surface area contributed by atoms with Gasteiger partial charge in [-0.05, 0) is 6.07 Å². The topological polar surface area (TPSA) is 199 Å². The van der Waals surface area contributed by atoms with Crippen LogP contribution >= 0.6 is 0 Å². The number of hydrogen-bond donors (Lipinski definition) is 5. The summed E-state index contributed by atoms with van der Waals surface area (Å²) >= 11 is 0. The van der Waals surface area contributed by atoms with Gasteiger partial charge in [-0.1, -0.05) is 0 Å². The van der Waals surface area contributed by atoms with Crippen LogP contribution in [0.4, 0.5) is 0 Å². The van der Waals surface area contributed by atoms with Crippen molar-refractivity contribution < 1.29 is 49.5 Å². The van der Waals surface area contributed by atoms with Crippen LogP contribution in [-0.2, 0) is 0 Å². The van der Waals surface area contributed by atoms with Crippen molar-refractivity contribution in [2.45, 2.75) is 0 Å². The Hall–Kier alpha value is -4.02. The molecule has 0 atom stereocenters. The molecule has 25 heavy (non-hydrogen) atoms. The van der Waals surface area contributed by atoms with Gasteiger partial charge in [0.15, 0.2) is 0 Å². The number of benzene rings is 1. The van der Waals surface area contributed by atoms with E-state index in [0.717, 1.165) is 0 Å². The molecule has 0 radical (unpaired) electrons. The van der Waals surface area contributed by atoms with E-state index in [4.69, 9.17) is 10.2 Å². The van der Waals surface area contributed by atoms with E-state index >= 15 is 0 Å². The third-order valence-corrected chi connectivity index (χ3v) is 3.26. The van der Waals surface area contributed by atoms with Crippen LogP contribution in [0.5, 0.6) is 0 Å². The van der Waals surface area contributed by atoms with E-state index in [1.165, 1.54) is 0 Å². The lowest BCUT2D eigenvalue weighted by Crippen LogP contribution is -2.18. The smallest absolute Gasteiger partial charge is 0.338 e. The van der Waals surface area contributed by atoms with Gasteiger partial charge in [-0.15, -0.1) is 0 Å². The first-order chi connectivity index (χ1) is 11.6. The molecule has 0 bridgehead atoms. The Morgan fingerprint density at radius 1 is 0.640 bits per heavy atom. The van der Waals surface area contributed by atoms with E-state index in [9.17, 15) is 39.3 Å². The predicted octanol–water partition coefficient (Wildman–Crippen LogP) is 0.726. The summed E-state index contributed by atoms with van der Waals surface area (Å²) in [5, 5.41) is 45.2. The van der Waals surface area contributed by atoms with E-state index in [2.05, 4.69) is 4.98 Å². The van der Waals surface area contributed by atoms with E-state index in [1.54, 1.807) is 0 Å². The molecule has 0 fully saturated rings. The highest BCUT2D eigenvalue weighted by atomic mass is 16.4. The van der Waals surface area contributed by atoms with Crippen molar-refractivity contribution in [2.75, 3.05) is 0 Å². The summed E-state index contributed by atoms with van der Waals surface area (Å²) in [6.07, 6.45) is 0.617. The fraction of sp³-hybridized carbons (Fsp3) is 0. The summed E-state index contributed by atoms with van der Waals surface area (Å²) in [6, 6.07) is 0.672. The number of pyridine rings is 1. The average Bonchev–Trinajstić information content (AvgIpc) is 2.50. The molecule has 5 N–H and O–H groups in total. The fourth-order valence-electron chi connectivity index (χ4n) is 2.35. The van der Waals surface area contributed by atoms with Crippen molar-refractivity contribution >= 4 is 40.7 Å². The molecule has 0 saturated heterocycles. The molecule has 0 saturated carbocycles. The van der Waals surface area contributed by atoms with Crippen molar-refractivity contribution in [1.82, 2.24) is 4.98 Å². The van der Waals surface area contributed by atoms with Crippen molar-refractivity contribution in [3.63, 3.8) is 0 Å². The van der Waals surface area contributed by atoms with Gasteiger partial charge in [-0.2, -0.15) is 0 Å². The number of aromatic nitrogens is 1. The highest BCUT2D eigenvalue weighted by Crippen LogP contribution is 2.30. The number of carbonyl (C=O) groups is 5. The second kappa shape index (κ2) is 5.88. The summed E-state index contributed by atoms with van der Waals surface area (Å²) in [4.78, 5) is 60.4. The quantitative estimate of drug-likeness (QED) is 0.509. The lowest BCUT2D eigenvalue weighted by atomic mass is 9.91. The molecule has 0 unspecified atom stereocenters. The average molecular weight is 349 g/mol. The first kappa shape index (κ1) is 17.3. The normalized spacial score (nSPS) is 10.4. The minimum atomic E-state index is -1.95. The Kier molecular flexibility index (Phi) is 4.08. The minimum absolute atomic E-state index is 0.484. The molecule has 0 amide bonds. The molecule has 128 valence electrons. The standard InChI is InChI=1S/C14H7NO10/c16-10(17)3-1-5-8(9(14(24)25)6(3)12(20)21)7(13(22)23)4(2-15-5)11(18)19/h1-2H,(H,16,17)(H,18,19)(H,20,21)(H,22,23)(H,24,25). The Balaban J connectivity index is 3.26. The lowest BCUT2D eigenvalue weighted by Gasteiger charge is -2.13. The van der Waals surface area contributed by atoms with Crippen molar-refractivity contribution in [3.05, 3.63) is 40.1 Å². The number of fused-ring (bicyclic) bond motifs is 1. The van der Waals surface area contributed by atoms with E-state index in [1.807, 2.05) is 0 Å². The van der Waals surface area contributed by atoms with Crippen LogP contribution < -0.4 is 0 Å². The zero-order valence-corrected chi connectivity index (χ0v) is 11.9. The van der Waals surface area contributed by atoms with Gasteiger partial charge in [0.1, 0.15) is 0 Å². The number of nitrogens with zero attached hydrogens (tertiary/aromatic N) is 1. The van der Waals surface area contributed by atoms with Crippen LogP contribution in [0.25, 0.3) is 10.9 Å². The molecule has 0 aliphatic heterocycles. The molecule has 0 spiro atoms. The minimum Gasteiger partial charge on any atom is -0.478 e. The monoisotopic (exact) mass is 349 g/mol. The van der Waals surface area contributed by atoms with Crippen LogP contribution in [-0.4, -0.2) is 60.4 Å². The molecule has 1 aromatic carbocycles. The highest BCUT2D eigenvalue weighted by molar-refractivity contribution is 6.22. The van der Waals surface area contributed by atoms with E-state index in [-0.39, 0.29) is 0 Å². The number of hydrogen-bond acceptors (Lipinski definition) is 6. The molecular formula is C14H7NO10. The third-order valence-electron chi connectivity index (χ3n) is 3.26. The van der Waals surface area contributed by atoms with Gasteiger partial charge in [-0.3, -0.25) is 4.98 Å². The van der Waals surface area contributed by atoms with Crippen LogP contribution in [0.1, 0.15) is 51.8 Å². The van der Waals surface area contributed by atoms with Gasteiger partial charge in [0.25, 0.3) is 0 Å². The number of rotatable bonds is 5. The number of carboxylic acids is 5.